The summed E-state index contributed by atoms with van der Waals surface area (Å²) in [5.41, 5.74) is 9.34. The van der Waals surface area contributed by atoms with Crippen LogP contribution in [0, 0.1) is 6.92 Å². The zero-order valence-corrected chi connectivity index (χ0v) is 9.03. The van der Waals surface area contributed by atoms with E-state index < -0.39 is 0 Å². The van der Waals surface area contributed by atoms with E-state index in [1.807, 2.05) is 0 Å². The Hall–Kier alpha value is -0.990. The van der Waals surface area contributed by atoms with Crippen molar-refractivity contribution >= 4 is 23.3 Å². The van der Waals surface area contributed by atoms with Crippen LogP contribution in [0.25, 0.3) is 10.9 Å². The Balaban J connectivity index is 0.000000980. The molecule has 2 aromatic rings. The van der Waals surface area contributed by atoms with Crippen LogP contribution >= 0.6 is 12.4 Å². The molecule has 76 valence electrons. The highest BCUT2D eigenvalue weighted by molar-refractivity contribution is 5.85. The third-order valence-electron chi connectivity index (χ3n) is 2.34. The fourth-order valence-electron chi connectivity index (χ4n) is 1.66. The Morgan fingerprint density at radius 2 is 2.14 bits per heavy atom. The molecule has 3 heteroatoms. The molecule has 1 aromatic carbocycles. The molecule has 14 heavy (non-hydrogen) atoms. The molecule has 0 aliphatic carbocycles. The lowest BCUT2D eigenvalue weighted by molar-refractivity contribution is 0.976. The molecule has 0 aliphatic rings. The van der Waals surface area contributed by atoms with Crippen LogP contribution in [-0.4, -0.2) is 11.5 Å². The largest absolute Gasteiger partial charge is 0.361 e. The van der Waals surface area contributed by atoms with Gasteiger partial charge in [0.05, 0.1) is 0 Å². The first kappa shape index (κ1) is 11.1. The average molecular weight is 211 g/mol. The van der Waals surface area contributed by atoms with Gasteiger partial charge in [-0.05, 0) is 37.1 Å². The molecule has 0 radical (unpaired) electrons. The molecule has 0 saturated heterocycles. The Bertz CT molecular complexity index is 420. The Morgan fingerprint density at radius 3 is 2.86 bits per heavy atom. The number of rotatable bonds is 2. The summed E-state index contributed by atoms with van der Waals surface area (Å²) >= 11 is 0. The highest BCUT2D eigenvalue weighted by Crippen LogP contribution is 2.19. The average Bonchev–Trinajstić information content (AvgIpc) is 2.49. The summed E-state index contributed by atoms with van der Waals surface area (Å²) in [6.07, 6.45) is 3.00. The predicted molar refractivity (Wildman–Crippen MR) is 63.0 cm³/mol. The van der Waals surface area contributed by atoms with Crippen LogP contribution in [0.1, 0.15) is 11.1 Å². The van der Waals surface area contributed by atoms with Crippen LogP contribution < -0.4 is 5.73 Å². The minimum absolute atomic E-state index is 0. The standard InChI is InChI=1S/C11H14N2.ClH/c1-8-2-3-10-9(4-5-12)7-13-11(10)6-8;/h2-3,6-7,13H,4-5,12H2,1H3;1H. The van der Waals surface area contributed by atoms with Gasteiger partial charge in [0.1, 0.15) is 0 Å². The number of halogens is 1. The minimum atomic E-state index is 0. The Morgan fingerprint density at radius 1 is 1.36 bits per heavy atom. The first-order chi connectivity index (χ1) is 6.31. The van der Waals surface area contributed by atoms with Gasteiger partial charge in [0.25, 0.3) is 0 Å². The van der Waals surface area contributed by atoms with E-state index in [0.29, 0.717) is 6.54 Å². The van der Waals surface area contributed by atoms with Crippen molar-refractivity contribution in [2.75, 3.05) is 6.54 Å². The van der Waals surface area contributed by atoms with Crippen LogP contribution in [0.5, 0.6) is 0 Å². The van der Waals surface area contributed by atoms with Gasteiger partial charge in [0, 0.05) is 17.1 Å². The molecule has 0 aliphatic heterocycles. The SMILES string of the molecule is Cc1ccc2c(CCN)c[nH]c2c1.Cl. The number of nitrogens with one attached hydrogen (secondary N) is 1. The number of nitrogens with two attached hydrogens (primary N) is 1. The highest BCUT2D eigenvalue weighted by atomic mass is 35.5. The van der Waals surface area contributed by atoms with Crippen LogP contribution in [0.2, 0.25) is 0 Å². The Kier molecular flexibility index (Phi) is 3.55. The number of aromatic amines is 1. The van der Waals surface area contributed by atoms with Crippen molar-refractivity contribution in [2.45, 2.75) is 13.3 Å². The lowest BCUT2D eigenvalue weighted by atomic mass is 10.1. The maximum Gasteiger partial charge on any atom is 0.0459 e. The van der Waals surface area contributed by atoms with Crippen molar-refractivity contribution in [1.29, 1.82) is 0 Å². The minimum Gasteiger partial charge on any atom is -0.361 e. The summed E-state index contributed by atoms with van der Waals surface area (Å²) in [6.45, 7) is 2.81. The quantitative estimate of drug-likeness (QED) is 0.786. The smallest absolute Gasteiger partial charge is 0.0459 e. The van der Waals surface area contributed by atoms with Crippen LogP contribution in [0.3, 0.4) is 0 Å². The van der Waals surface area contributed by atoms with Gasteiger partial charge in [-0.25, -0.2) is 0 Å². The molecule has 0 spiro atoms. The van der Waals surface area contributed by atoms with Crippen molar-refractivity contribution in [3.05, 3.63) is 35.5 Å². The zero-order chi connectivity index (χ0) is 9.26. The molecule has 0 amide bonds. The van der Waals surface area contributed by atoms with E-state index in [9.17, 15) is 0 Å². The third-order valence-corrected chi connectivity index (χ3v) is 2.34. The summed E-state index contributed by atoms with van der Waals surface area (Å²) in [6, 6.07) is 6.46. The van der Waals surface area contributed by atoms with Crippen LogP contribution in [0.15, 0.2) is 24.4 Å². The van der Waals surface area contributed by atoms with E-state index in [1.165, 1.54) is 22.0 Å². The van der Waals surface area contributed by atoms with E-state index in [0.717, 1.165) is 6.42 Å². The molecule has 2 nitrogen and oxygen atoms in total. The summed E-state index contributed by atoms with van der Waals surface area (Å²) in [4.78, 5) is 3.26. The monoisotopic (exact) mass is 210 g/mol. The second-order valence-electron chi connectivity index (χ2n) is 3.40. The predicted octanol–water partition coefficient (Wildman–Crippen LogP) is 2.40. The zero-order valence-electron chi connectivity index (χ0n) is 8.21. The molecule has 0 atom stereocenters. The van der Waals surface area contributed by atoms with E-state index in [2.05, 4.69) is 36.3 Å². The summed E-state index contributed by atoms with van der Waals surface area (Å²) in [7, 11) is 0. The van der Waals surface area contributed by atoms with Gasteiger partial charge in [-0.2, -0.15) is 0 Å². The summed E-state index contributed by atoms with van der Waals surface area (Å²) < 4.78 is 0. The molecule has 0 fully saturated rings. The molecule has 0 unspecified atom stereocenters. The van der Waals surface area contributed by atoms with Gasteiger partial charge in [-0.3, -0.25) is 0 Å². The molecular formula is C11H15ClN2. The van der Waals surface area contributed by atoms with Crippen molar-refractivity contribution in [3.8, 4) is 0 Å². The van der Waals surface area contributed by atoms with E-state index in [4.69, 9.17) is 5.73 Å². The highest BCUT2D eigenvalue weighted by Gasteiger charge is 2.01. The molecular weight excluding hydrogens is 196 g/mol. The van der Waals surface area contributed by atoms with E-state index >= 15 is 0 Å². The van der Waals surface area contributed by atoms with Gasteiger partial charge in [0.2, 0.25) is 0 Å². The summed E-state index contributed by atoms with van der Waals surface area (Å²) in [5.74, 6) is 0. The van der Waals surface area contributed by atoms with Crippen molar-refractivity contribution < 1.29 is 0 Å². The number of fused-ring (bicyclic) bond motifs is 1. The van der Waals surface area contributed by atoms with Gasteiger partial charge >= 0.3 is 0 Å². The Labute approximate surface area is 89.9 Å². The maximum absolute atomic E-state index is 5.53. The van der Waals surface area contributed by atoms with Gasteiger partial charge in [0.15, 0.2) is 0 Å². The summed E-state index contributed by atoms with van der Waals surface area (Å²) in [5, 5.41) is 1.30. The molecule has 0 saturated carbocycles. The fourth-order valence-corrected chi connectivity index (χ4v) is 1.66. The van der Waals surface area contributed by atoms with E-state index in [1.54, 1.807) is 0 Å². The van der Waals surface area contributed by atoms with Gasteiger partial charge in [-0.1, -0.05) is 12.1 Å². The number of benzene rings is 1. The molecule has 2 rings (SSSR count). The van der Waals surface area contributed by atoms with Crippen molar-refractivity contribution in [1.82, 2.24) is 4.98 Å². The number of hydrogen-bond donors (Lipinski definition) is 2. The second-order valence-corrected chi connectivity index (χ2v) is 3.40. The second kappa shape index (κ2) is 4.49. The lowest BCUT2D eigenvalue weighted by Crippen LogP contribution is -2.01. The first-order valence-electron chi connectivity index (χ1n) is 4.58. The molecule has 1 heterocycles. The lowest BCUT2D eigenvalue weighted by Gasteiger charge is -1.96. The van der Waals surface area contributed by atoms with Crippen molar-refractivity contribution in [2.24, 2.45) is 5.73 Å². The first-order valence-corrected chi connectivity index (χ1v) is 4.58. The number of H-pyrrole nitrogens is 1. The van der Waals surface area contributed by atoms with E-state index in [-0.39, 0.29) is 12.4 Å². The molecule has 0 bridgehead atoms. The maximum atomic E-state index is 5.53. The third kappa shape index (κ3) is 1.91. The fraction of sp³-hybridized carbons (Fsp3) is 0.273. The van der Waals surface area contributed by atoms with Gasteiger partial charge < -0.3 is 10.7 Å². The van der Waals surface area contributed by atoms with Crippen molar-refractivity contribution in [3.63, 3.8) is 0 Å². The molecule has 3 N–H and O–H groups in total. The van der Waals surface area contributed by atoms with Crippen LogP contribution in [-0.2, 0) is 6.42 Å². The number of hydrogen-bond acceptors (Lipinski definition) is 1. The van der Waals surface area contributed by atoms with Gasteiger partial charge in [-0.15, -0.1) is 12.4 Å². The number of aromatic nitrogens is 1. The topological polar surface area (TPSA) is 41.8 Å². The number of aryl methyl sites for hydroxylation is 1. The normalized spacial score (nSPS) is 10.1. The van der Waals surface area contributed by atoms with Crippen LogP contribution in [0.4, 0.5) is 0 Å². The molecule has 1 aromatic heterocycles.